The van der Waals surface area contributed by atoms with Gasteiger partial charge < -0.3 is 10.2 Å². The van der Waals surface area contributed by atoms with Crippen molar-refractivity contribution in [1.29, 1.82) is 0 Å². The van der Waals surface area contributed by atoms with Crippen molar-refractivity contribution in [2.24, 2.45) is 5.92 Å². The monoisotopic (exact) mass is 380 g/mol. The van der Waals surface area contributed by atoms with Crippen LogP contribution in [0.5, 0.6) is 0 Å². The van der Waals surface area contributed by atoms with E-state index in [0.717, 1.165) is 25.7 Å². The van der Waals surface area contributed by atoms with E-state index in [2.05, 4.69) is 5.32 Å². The van der Waals surface area contributed by atoms with Crippen LogP contribution in [-0.2, 0) is 11.3 Å². The van der Waals surface area contributed by atoms with E-state index in [1.165, 1.54) is 6.07 Å². The molecule has 2 aromatic rings. The van der Waals surface area contributed by atoms with Crippen LogP contribution >= 0.6 is 0 Å². The fourth-order valence-electron chi connectivity index (χ4n) is 4.66. The second-order valence-corrected chi connectivity index (χ2v) is 7.75. The molecule has 1 aliphatic carbocycles. The number of amides is 2. The van der Waals surface area contributed by atoms with Crippen LogP contribution in [0.25, 0.3) is 0 Å². The molecule has 4 nitrogen and oxygen atoms in total. The van der Waals surface area contributed by atoms with E-state index in [0.29, 0.717) is 23.5 Å². The van der Waals surface area contributed by atoms with Gasteiger partial charge in [-0.05, 0) is 43.4 Å². The van der Waals surface area contributed by atoms with Crippen molar-refractivity contribution in [2.45, 2.75) is 50.7 Å². The summed E-state index contributed by atoms with van der Waals surface area (Å²) < 4.78 is 13.9. The Morgan fingerprint density at radius 2 is 1.71 bits per heavy atom. The Kier molecular flexibility index (Phi) is 5.42. The lowest BCUT2D eigenvalue weighted by atomic mass is 9.84. The molecule has 1 heterocycles. The number of carbonyl (C=O) groups is 2. The first-order valence-electron chi connectivity index (χ1n) is 10.0. The SMILES string of the molecule is O=C(NCc1ccccc1F)C1CC2CCCCC2N1C(=O)c1ccccc1. The molecule has 1 aliphatic heterocycles. The van der Waals surface area contributed by atoms with E-state index < -0.39 is 6.04 Å². The molecular weight excluding hydrogens is 355 g/mol. The van der Waals surface area contributed by atoms with Crippen molar-refractivity contribution >= 4 is 11.8 Å². The van der Waals surface area contributed by atoms with E-state index >= 15 is 0 Å². The minimum absolute atomic E-state index is 0.0824. The highest BCUT2D eigenvalue weighted by molar-refractivity contribution is 5.98. The third-order valence-electron chi connectivity index (χ3n) is 6.06. The first kappa shape index (κ1) is 18.7. The zero-order valence-electron chi connectivity index (χ0n) is 15.8. The molecular formula is C23H25FN2O2. The Morgan fingerprint density at radius 1 is 1.00 bits per heavy atom. The minimum Gasteiger partial charge on any atom is -0.350 e. The maximum Gasteiger partial charge on any atom is 0.254 e. The molecule has 1 saturated heterocycles. The van der Waals surface area contributed by atoms with Crippen LogP contribution in [0.15, 0.2) is 54.6 Å². The average molecular weight is 380 g/mol. The quantitative estimate of drug-likeness (QED) is 0.874. The topological polar surface area (TPSA) is 49.4 Å². The number of fused-ring (bicyclic) bond motifs is 1. The van der Waals surface area contributed by atoms with E-state index in [1.54, 1.807) is 35.2 Å². The standard InChI is InChI=1S/C23H25FN2O2/c24-19-12-6-4-11-18(19)15-25-22(27)21-14-17-10-5-7-13-20(17)26(21)23(28)16-8-2-1-3-9-16/h1-4,6,8-9,11-12,17,20-21H,5,7,10,13-15H2,(H,25,27). The number of nitrogens with zero attached hydrogens (tertiary/aromatic N) is 1. The van der Waals surface area contributed by atoms with Gasteiger partial charge in [0.2, 0.25) is 5.91 Å². The highest BCUT2D eigenvalue weighted by Gasteiger charge is 2.47. The fourth-order valence-corrected chi connectivity index (χ4v) is 4.66. The van der Waals surface area contributed by atoms with Crippen LogP contribution in [0.4, 0.5) is 4.39 Å². The molecule has 3 unspecified atom stereocenters. The van der Waals surface area contributed by atoms with Crippen molar-refractivity contribution in [3.05, 3.63) is 71.5 Å². The zero-order chi connectivity index (χ0) is 19.5. The highest BCUT2D eigenvalue weighted by Crippen LogP contribution is 2.40. The molecule has 1 saturated carbocycles. The van der Waals surface area contributed by atoms with E-state index in [-0.39, 0.29) is 30.2 Å². The van der Waals surface area contributed by atoms with Crippen molar-refractivity contribution < 1.29 is 14.0 Å². The number of nitrogens with one attached hydrogen (secondary N) is 1. The summed E-state index contributed by atoms with van der Waals surface area (Å²) >= 11 is 0. The van der Waals surface area contributed by atoms with Gasteiger partial charge in [-0.15, -0.1) is 0 Å². The lowest BCUT2D eigenvalue weighted by molar-refractivity contribution is -0.125. The van der Waals surface area contributed by atoms with Crippen LogP contribution in [0.3, 0.4) is 0 Å². The molecule has 146 valence electrons. The zero-order valence-corrected chi connectivity index (χ0v) is 15.8. The van der Waals surface area contributed by atoms with E-state index in [4.69, 9.17) is 0 Å². The Balaban J connectivity index is 1.54. The molecule has 0 spiro atoms. The predicted octanol–water partition coefficient (Wildman–Crippen LogP) is 3.92. The van der Waals surface area contributed by atoms with Crippen molar-refractivity contribution in [3.8, 4) is 0 Å². The maximum absolute atomic E-state index is 13.9. The summed E-state index contributed by atoms with van der Waals surface area (Å²) in [6, 6.07) is 15.2. The molecule has 1 N–H and O–H groups in total. The van der Waals surface area contributed by atoms with Gasteiger partial charge >= 0.3 is 0 Å². The minimum atomic E-state index is -0.493. The molecule has 2 amide bonds. The maximum atomic E-state index is 13.9. The molecule has 0 aromatic heterocycles. The lowest BCUT2D eigenvalue weighted by Gasteiger charge is -2.33. The average Bonchev–Trinajstić information content (AvgIpc) is 3.13. The van der Waals surface area contributed by atoms with Gasteiger partial charge in [0.1, 0.15) is 11.9 Å². The van der Waals surface area contributed by atoms with E-state index in [1.807, 2.05) is 18.2 Å². The Hall–Kier alpha value is -2.69. The molecule has 4 rings (SSSR count). The summed E-state index contributed by atoms with van der Waals surface area (Å²) in [4.78, 5) is 28.0. The number of hydrogen-bond donors (Lipinski definition) is 1. The molecule has 2 aliphatic rings. The number of rotatable bonds is 4. The summed E-state index contributed by atoms with van der Waals surface area (Å²) in [6.45, 7) is 0.130. The predicted molar refractivity (Wildman–Crippen MR) is 105 cm³/mol. The third kappa shape index (κ3) is 3.66. The fraction of sp³-hybridized carbons (Fsp3) is 0.391. The van der Waals surface area contributed by atoms with Gasteiger partial charge in [0.15, 0.2) is 0 Å². The molecule has 3 atom stereocenters. The van der Waals surface area contributed by atoms with Gasteiger partial charge in [0.05, 0.1) is 0 Å². The molecule has 0 bridgehead atoms. The molecule has 28 heavy (non-hydrogen) atoms. The highest BCUT2D eigenvalue weighted by atomic mass is 19.1. The van der Waals surface area contributed by atoms with Gasteiger partial charge in [-0.25, -0.2) is 4.39 Å². The van der Waals surface area contributed by atoms with Crippen molar-refractivity contribution in [3.63, 3.8) is 0 Å². The largest absolute Gasteiger partial charge is 0.350 e. The van der Waals surface area contributed by atoms with Crippen LogP contribution in [0.1, 0.15) is 48.0 Å². The van der Waals surface area contributed by atoms with Crippen molar-refractivity contribution in [2.75, 3.05) is 0 Å². The van der Waals surface area contributed by atoms with Crippen LogP contribution in [-0.4, -0.2) is 28.8 Å². The first-order chi connectivity index (χ1) is 13.6. The Labute approximate surface area is 164 Å². The molecule has 2 aromatic carbocycles. The molecule has 5 heteroatoms. The van der Waals surface area contributed by atoms with Gasteiger partial charge in [-0.3, -0.25) is 9.59 Å². The summed E-state index contributed by atoms with van der Waals surface area (Å²) in [6.07, 6.45) is 4.93. The van der Waals surface area contributed by atoms with Gasteiger partial charge in [-0.2, -0.15) is 0 Å². The van der Waals surface area contributed by atoms with Crippen LogP contribution in [0, 0.1) is 11.7 Å². The lowest BCUT2D eigenvalue weighted by Crippen LogP contribution is -2.49. The Bertz CT molecular complexity index is 855. The van der Waals surface area contributed by atoms with Crippen LogP contribution in [0.2, 0.25) is 0 Å². The van der Waals surface area contributed by atoms with Crippen molar-refractivity contribution in [1.82, 2.24) is 10.2 Å². The number of halogens is 1. The molecule has 0 radical (unpaired) electrons. The van der Waals surface area contributed by atoms with Gasteiger partial charge in [-0.1, -0.05) is 49.2 Å². The second kappa shape index (κ2) is 8.13. The second-order valence-electron chi connectivity index (χ2n) is 7.75. The normalized spacial score (nSPS) is 23.9. The smallest absolute Gasteiger partial charge is 0.254 e. The van der Waals surface area contributed by atoms with Gasteiger partial charge in [0, 0.05) is 23.7 Å². The summed E-state index contributed by atoms with van der Waals surface area (Å²) in [5, 5.41) is 2.85. The summed E-state index contributed by atoms with van der Waals surface area (Å²) in [7, 11) is 0. The summed E-state index contributed by atoms with van der Waals surface area (Å²) in [5.74, 6) is -0.242. The van der Waals surface area contributed by atoms with Crippen LogP contribution < -0.4 is 5.32 Å². The number of hydrogen-bond acceptors (Lipinski definition) is 2. The number of likely N-dealkylation sites (tertiary alicyclic amines) is 1. The number of carbonyl (C=O) groups excluding carboxylic acids is 2. The molecule has 2 fully saturated rings. The van der Waals surface area contributed by atoms with Gasteiger partial charge in [0.25, 0.3) is 5.91 Å². The third-order valence-corrected chi connectivity index (χ3v) is 6.06. The number of benzene rings is 2. The summed E-state index contributed by atoms with van der Waals surface area (Å²) in [5.41, 5.74) is 1.06. The Morgan fingerprint density at radius 3 is 2.50 bits per heavy atom. The first-order valence-corrected chi connectivity index (χ1v) is 10.0. The van der Waals surface area contributed by atoms with E-state index in [9.17, 15) is 14.0 Å².